The maximum absolute atomic E-state index is 14.1. The zero-order valence-electron chi connectivity index (χ0n) is 23.8. The number of ether oxygens (including phenoxy) is 1. The van der Waals surface area contributed by atoms with E-state index in [-0.39, 0.29) is 29.1 Å². The van der Waals surface area contributed by atoms with Gasteiger partial charge in [0.1, 0.15) is 18.3 Å². The molecule has 0 fully saturated rings. The first kappa shape index (κ1) is 30.7. The molecule has 2 atom stereocenters. The number of nitrogens with one attached hydrogen (secondary N) is 1. The first-order valence-electron chi connectivity index (χ1n) is 13.5. The summed E-state index contributed by atoms with van der Waals surface area (Å²) >= 11 is 0. The lowest BCUT2D eigenvalue weighted by Crippen LogP contribution is -2.53. The average Bonchev–Trinajstić information content (AvgIpc) is 2.96. The van der Waals surface area contributed by atoms with Crippen molar-refractivity contribution < 1.29 is 22.7 Å². The second-order valence-corrected chi connectivity index (χ2v) is 11.6. The summed E-state index contributed by atoms with van der Waals surface area (Å²) in [4.78, 5) is 29.0. The van der Waals surface area contributed by atoms with Crippen molar-refractivity contribution in [3.05, 3.63) is 90.0 Å². The molecule has 0 aliphatic rings. The minimum Gasteiger partial charge on any atom is -0.497 e. The number of benzene rings is 3. The van der Waals surface area contributed by atoms with E-state index in [1.54, 1.807) is 42.5 Å². The SMILES string of the molecule is CC[C@@H](C)NC(=O)[C@H](CC)N(Cc1cccc(C)c1)C(=O)CN(c1cccc(OC)c1)S(=O)(=O)c1ccccc1. The molecule has 0 saturated carbocycles. The fourth-order valence-corrected chi connectivity index (χ4v) is 5.81. The van der Waals surface area contributed by atoms with E-state index in [0.29, 0.717) is 12.2 Å². The van der Waals surface area contributed by atoms with E-state index in [4.69, 9.17) is 4.74 Å². The lowest BCUT2D eigenvalue weighted by Gasteiger charge is -2.33. The van der Waals surface area contributed by atoms with Gasteiger partial charge in [0.2, 0.25) is 11.8 Å². The van der Waals surface area contributed by atoms with Crippen LogP contribution in [0.2, 0.25) is 0 Å². The monoisotopic (exact) mass is 565 g/mol. The van der Waals surface area contributed by atoms with Gasteiger partial charge < -0.3 is 15.0 Å². The van der Waals surface area contributed by atoms with Gasteiger partial charge >= 0.3 is 0 Å². The summed E-state index contributed by atoms with van der Waals surface area (Å²) in [5.74, 6) is -0.305. The first-order chi connectivity index (χ1) is 19.1. The summed E-state index contributed by atoms with van der Waals surface area (Å²) in [6.45, 7) is 7.35. The number of sulfonamides is 1. The molecule has 40 heavy (non-hydrogen) atoms. The van der Waals surface area contributed by atoms with Crippen LogP contribution < -0.4 is 14.4 Å². The Balaban J connectivity index is 2.07. The minimum atomic E-state index is -4.13. The van der Waals surface area contributed by atoms with Crippen LogP contribution in [0, 0.1) is 6.92 Å². The highest BCUT2D eigenvalue weighted by atomic mass is 32.2. The van der Waals surface area contributed by atoms with E-state index < -0.39 is 28.5 Å². The smallest absolute Gasteiger partial charge is 0.264 e. The van der Waals surface area contributed by atoms with Gasteiger partial charge in [-0.3, -0.25) is 13.9 Å². The minimum absolute atomic E-state index is 0.0532. The molecule has 3 aromatic rings. The van der Waals surface area contributed by atoms with E-state index in [0.717, 1.165) is 21.9 Å². The molecule has 0 unspecified atom stereocenters. The standard InChI is InChI=1S/C31H39N3O5S/c1-6-24(4)32-31(36)29(7-2)33(21-25-14-11-13-23(3)19-25)30(35)22-34(26-15-12-16-27(20-26)39-5)40(37,38)28-17-9-8-10-18-28/h8-20,24,29H,6-7,21-22H2,1-5H3,(H,32,36)/t24-,29+/m1/s1. The summed E-state index contributed by atoms with van der Waals surface area (Å²) in [7, 11) is -2.64. The Morgan fingerprint density at radius 3 is 2.25 bits per heavy atom. The predicted octanol–water partition coefficient (Wildman–Crippen LogP) is 4.92. The van der Waals surface area contributed by atoms with Crippen LogP contribution in [0.25, 0.3) is 0 Å². The molecule has 0 saturated heterocycles. The molecule has 0 radical (unpaired) electrons. The first-order valence-corrected chi connectivity index (χ1v) is 14.9. The number of aryl methyl sites for hydroxylation is 1. The topological polar surface area (TPSA) is 96.0 Å². The lowest BCUT2D eigenvalue weighted by molar-refractivity contribution is -0.140. The lowest BCUT2D eigenvalue weighted by atomic mass is 10.1. The van der Waals surface area contributed by atoms with Crippen molar-refractivity contribution in [2.75, 3.05) is 18.0 Å². The predicted molar refractivity (Wildman–Crippen MR) is 158 cm³/mol. The zero-order chi connectivity index (χ0) is 29.3. The highest BCUT2D eigenvalue weighted by molar-refractivity contribution is 7.92. The summed E-state index contributed by atoms with van der Waals surface area (Å²) in [5, 5.41) is 2.99. The molecular formula is C31H39N3O5S. The zero-order valence-corrected chi connectivity index (χ0v) is 24.6. The Morgan fingerprint density at radius 2 is 1.62 bits per heavy atom. The molecule has 0 bridgehead atoms. The number of hydrogen-bond donors (Lipinski definition) is 1. The Labute approximate surface area is 238 Å². The molecule has 8 nitrogen and oxygen atoms in total. The molecule has 0 aliphatic carbocycles. The second-order valence-electron chi connectivity index (χ2n) is 9.78. The van der Waals surface area contributed by atoms with Crippen molar-refractivity contribution >= 4 is 27.5 Å². The molecule has 2 amide bonds. The van der Waals surface area contributed by atoms with Crippen LogP contribution in [0.5, 0.6) is 5.75 Å². The number of carbonyl (C=O) groups is 2. The summed E-state index contributed by atoms with van der Waals surface area (Å²) in [6.07, 6.45) is 1.11. The number of methoxy groups -OCH3 is 1. The van der Waals surface area contributed by atoms with E-state index >= 15 is 0 Å². The Bertz CT molecular complexity index is 1390. The van der Waals surface area contributed by atoms with Gasteiger partial charge in [0.05, 0.1) is 17.7 Å². The molecular weight excluding hydrogens is 526 g/mol. The number of rotatable bonds is 13. The van der Waals surface area contributed by atoms with Gasteiger partial charge in [0, 0.05) is 18.7 Å². The Hall–Kier alpha value is -3.85. The molecule has 1 N–H and O–H groups in total. The number of carbonyl (C=O) groups excluding carboxylic acids is 2. The molecule has 0 aliphatic heterocycles. The van der Waals surface area contributed by atoms with E-state index in [2.05, 4.69) is 5.32 Å². The fourth-order valence-electron chi connectivity index (χ4n) is 4.38. The summed E-state index contributed by atoms with van der Waals surface area (Å²) < 4.78 is 34.2. The van der Waals surface area contributed by atoms with Crippen LogP contribution in [0.15, 0.2) is 83.8 Å². The van der Waals surface area contributed by atoms with Crippen molar-refractivity contribution in [1.82, 2.24) is 10.2 Å². The highest BCUT2D eigenvalue weighted by Crippen LogP contribution is 2.27. The molecule has 214 valence electrons. The van der Waals surface area contributed by atoms with Gasteiger partial charge in [-0.2, -0.15) is 0 Å². The van der Waals surface area contributed by atoms with E-state index in [9.17, 15) is 18.0 Å². The van der Waals surface area contributed by atoms with Gasteiger partial charge in [0.25, 0.3) is 10.0 Å². The third-order valence-corrected chi connectivity index (χ3v) is 8.56. The van der Waals surface area contributed by atoms with E-state index in [1.165, 1.54) is 24.1 Å². The normalized spacial score (nSPS) is 12.7. The van der Waals surface area contributed by atoms with Crippen LogP contribution in [0.4, 0.5) is 5.69 Å². The fraction of sp³-hybridized carbons (Fsp3) is 0.355. The van der Waals surface area contributed by atoms with Gasteiger partial charge in [-0.15, -0.1) is 0 Å². The van der Waals surface area contributed by atoms with Gasteiger partial charge in [-0.25, -0.2) is 8.42 Å². The van der Waals surface area contributed by atoms with Crippen LogP contribution in [0.1, 0.15) is 44.7 Å². The molecule has 0 aromatic heterocycles. The third-order valence-electron chi connectivity index (χ3n) is 6.77. The van der Waals surface area contributed by atoms with Crippen LogP contribution in [0.3, 0.4) is 0 Å². The van der Waals surface area contributed by atoms with Crippen molar-refractivity contribution in [2.24, 2.45) is 0 Å². The van der Waals surface area contributed by atoms with Crippen molar-refractivity contribution in [1.29, 1.82) is 0 Å². The number of amides is 2. The highest BCUT2D eigenvalue weighted by Gasteiger charge is 2.34. The number of anilines is 1. The maximum atomic E-state index is 14.1. The largest absolute Gasteiger partial charge is 0.497 e. The quantitative estimate of drug-likeness (QED) is 0.317. The van der Waals surface area contributed by atoms with Gasteiger partial charge in [0.15, 0.2) is 0 Å². The van der Waals surface area contributed by atoms with Crippen LogP contribution >= 0.6 is 0 Å². The van der Waals surface area contributed by atoms with Gasteiger partial charge in [-0.1, -0.05) is 67.9 Å². The maximum Gasteiger partial charge on any atom is 0.264 e. The molecule has 0 heterocycles. The molecule has 3 aromatic carbocycles. The van der Waals surface area contributed by atoms with Crippen molar-refractivity contribution in [2.45, 2.75) is 64.1 Å². The Morgan fingerprint density at radius 1 is 0.925 bits per heavy atom. The summed E-state index contributed by atoms with van der Waals surface area (Å²) in [6, 6.07) is 21.4. The third kappa shape index (κ3) is 7.63. The van der Waals surface area contributed by atoms with Crippen molar-refractivity contribution in [3.63, 3.8) is 0 Å². The molecule has 9 heteroatoms. The van der Waals surface area contributed by atoms with Crippen molar-refractivity contribution in [3.8, 4) is 5.75 Å². The Kier molecular flexibility index (Phi) is 10.7. The summed E-state index contributed by atoms with van der Waals surface area (Å²) in [5.41, 5.74) is 2.15. The number of nitrogens with zero attached hydrogens (tertiary/aromatic N) is 2. The van der Waals surface area contributed by atoms with Crippen LogP contribution in [-0.2, 0) is 26.2 Å². The molecule has 0 spiro atoms. The average molecular weight is 566 g/mol. The number of hydrogen-bond acceptors (Lipinski definition) is 5. The molecule has 3 rings (SSSR count). The van der Waals surface area contributed by atoms with Crippen LogP contribution in [-0.4, -0.2) is 50.9 Å². The van der Waals surface area contributed by atoms with E-state index in [1.807, 2.05) is 52.0 Å². The second kappa shape index (κ2) is 14.0. The van der Waals surface area contributed by atoms with Gasteiger partial charge in [-0.05, 0) is 56.5 Å².